The van der Waals surface area contributed by atoms with Gasteiger partial charge in [-0.3, -0.25) is 4.39 Å². The SMILES string of the molecule is FCCC(F)(C(F)(F)F)C(F)(F)Br. The Kier molecular flexibility index (Phi) is 3.62. The first-order chi connectivity index (χ1) is 5.56. The van der Waals surface area contributed by atoms with Crippen LogP contribution in [0.1, 0.15) is 6.42 Å². The van der Waals surface area contributed by atoms with E-state index in [1.807, 2.05) is 0 Å². The summed E-state index contributed by atoms with van der Waals surface area (Å²) in [5.41, 5.74) is -4.87. The predicted octanol–water partition coefficient (Wildman–Crippen LogP) is 3.60. The van der Waals surface area contributed by atoms with E-state index in [9.17, 15) is 30.7 Å². The molecule has 0 radical (unpaired) electrons. The lowest BCUT2D eigenvalue weighted by Gasteiger charge is -2.30. The standard InChI is InChI=1S/C5H4BrF7/c6-4(9,10)3(8,1-2-7)5(11,12)13/h1-2H2. The van der Waals surface area contributed by atoms with Crippen LogP contribution in [0.25, 0.3) is 0 Å². The van der Waals surface area contributed by atoms with Gasteiger partial charge in [-0.25, -0.2) is 4.39 Å². The summed E-state index contributed by atoms with van der Waals surface area (Å²) in [5.74, 6) is 0. The minimum Gasteiger partial charge on any atom is -0.251 e. The van der Waals surface area contributed by atoms with Crippen molar-refractivity contribution in [1.82, 2.24) is 0 Å². The van der Waals surface area contributed by atoms with Crippen LogP contribution in [0.2, 0.25) is 0 Å². The van der Waals surface area contributed by atoms with Gasteiger partial charge in [0.05, 0.1) is 6.67 Å². The first kappa shape index (κ1) is 13.0. The molecule has 0 fully saturated rings. The Labute approximate surface area is 77.2 Å². The Hall–Kier alpha value is -0.0100. The molecule has 0 aromatic carbocycles. The molecule has 0 saturated heterocycles. The maximum Gasteiger partial charge on any atom is 0.429 e. The van der Waals surface area contributed by atoms with Crippen LogP contribution in [-0.4, -0.2) is 23.4 Å². The fraction of sp³-hybridized carbons (Fsp3) is 1.00. The summed E-state index contributed by atoms with van der Waals surface area (Å²) in [5, 5.41) is 0. The number of halogens is 8. The van der Waals surface area contributed by atoms with Gasteiger partial charge >= 0.3 is 11.0 Å². The molecule has 0 aliphatic rings. The molecule has 0 N–H and O–H groups in total. The molecule has 0 aliphatic carbocycles. The molecule has 0 amide bonds. The van der Waals surface area contributed by atoms with Gasteiger partial charge in [-0.2, -0.15) is 22.0 Å². The number of alkyl halides is 8. The third kappa shape index (κ3) is 2.47. The highest BCUT2D eigenvalue weighted by atomic mass is 79.9. The molecule has 0 aromatic heterocycles. The molecule has 0 nitrogen and oxygen atoms in total. The lowest BCUT2D eigenvalue weighted by Crippen LogP contribution is -2.52. The van der Waals surface area contributed by atoms with Crippen molar-refractivity contribution in [3.05, 3.63) is 0 Å². The van der Waals surface area contributed by atoms with Crippen molar-refractivity contribution < 1.29 is 30.7 Å². The van der Waals surface area contributed by atoms with Gasteiger partial charge in [-0.15, -0.1) is 0 Å². The van der Waals surface area contributed by atoms with Crippen LogP contribution < -0.4 is 0 Å². The maximum absolute atomic E-state index is 12.6. The van der Waals surface area contributed by atoms with Crippen LogP contribution in [0.4, 0.5) is 30.7 Å². The van der Waals surface area contributed by atoms with Crippen LogP contribution in [-0.2, 0) is 0 Å². The van der Waals surface area contributed by atoms with Gasteiger partial charge in [0.25, 0.3) is 5.67 Å². The lowest BCUT2D eigenvalue weighted by atomic mass is 10.0. The minimum absolute atomic E-state index is 1.24. The number of hydrogen-bond donors (Lipinski definition) is 0. The molecule has 13 heavy (non-hydrogen) atoms. The van der Waals surface area contributed by atoms with E-state index in [0.717, 1.165) is 0 Å². The van der Waals surface area contributed by atoms with E-state index in [0.29, 0.717) is 0 Å². The van der Waals surface area contributed by atoms with Gasteiger partial charge in [-0.05, 0) is 15.9 Å². The van der Waals surface area contributed by atoms with E-state index in [1.54, 1.807) is 0 Å². The molecule has 0 saturated carbocycles. The van der Waals surface area contributed by atoms with Gasteiger partial charge in [0.2, 0.25) is 0 Å². The Morgan fingerprint density at radius 1 is 0.923 bits per heavy atom. The molecule has 80 valence electrons. The molecule has 1 atom stereocenters. The predicted molar refractivity (Wildman–Crippen MR) is 34.4 cm³/mol. The Morgan fingerprint density at radius 2 is 1.31 bits per heavy atom. The van der Waals surface area contributed by atoms with Crippen LogP contribution >= 0.6 is 15.9 Å². The minimum atomic E-state index is -5.81. The second-order valence-electron chi connectivity index (χ2n) is 2.24. The summed E-state index contributed by atoms with van der Waals surface area (Å²) < 4.78 is 83.5. The molecular weight excluding hydrogens is 273 g/mol. The largest absolute Gasteiger partial charge is 0.429 e. The second kappa shape index (κ2) is 3.62. The van der Waals surface area contributed by atoms with Crippen molar-refractivity contribution in [2.24, 2.45) is 0 Å². The molecule has 0 spiro atoms. The van der Waals surface area contributed by atoms with E-state index in [-0.39, 0.29) is 0 Å². The zero-order chi connectivity index (χ0) is 10.9. The zero-order valence-electron chi connectivity index (χ0n) is 5.94. The second-order valence-corrected chi connectivity index (χ2v) is 3.23. The van der Waals surface area contributed by atoms with Crippen molar-refractivity contribution >= 4 is 15.9 Å². The van der Waals surface area contributed by atoms with Crippen LogP contribution in [0, 0.1) is 0 Å². The molecule has 0 heterocycles. The summed E-state index contributed by atoms with van der Waals surface area (Å²) in [4.78, 5) is -4.83. The van der Waals surface area contributed by atoms with Gasteiger partial charge in [0.1, 0.15) is 0 Å². The maximum atomic E-state index is 12.6. The monoisotopic (exact) mass is 276 g/mol. The normalized spacial score (nSPS) is 18.5. The quantitative estimate of drug-likeness (QED) is 0.546. The topological polar surface area (TPSA) is 0 Å². The zero-order valence-corrected chi connectivity index (χ0v) is 7.52. The molecule has 1 unspecified atom stereocenters. The third-order valence-electron chi connectivity index (χ3n) is 1.34. The van der Waals surface area contributed by atoms with Gasteiger partial charge in [0, 0.05) is 6.42 Å². The van der Waals surface area contributed by atoms with Crippen LogP contribution in [0.3, 0.4) is 0 Å². The number of rotatable bonds is 3. The molecule has 8 heteroatoms. The first-order valence-electron chi connectivity index (χ1n) is 2.94. The third-order valence-corrected chi connectivity index (χ3v) is 1.97. The summed E-state index contributed by atoms with van der Waals surface area (Å²) in [7, 11) is 0. The molecule has 0 aromatic rings. The highest BCUT2D eigenvalue weighted by molar-refractivity contribution is 9.10. The summed E-state index contributed by atoms with van der Waals surface area (Å²) >= 11 is 1.24. The van der Waals surface area contributed by atoms with Crippen molar-refractivity contribution in [2.45, 2.75) is 23.1 Å². The van der Waals surface area contributed by atoms with Gasteiger partial charge in [-0.1, -0.05) is 0 Å². The molecule has 0 bridgehead atoms. The average Bonchev–Trinajstić information content (AvgIpc) is 1.82. The van der Waals surface area contributed by atoms with Crippen molar-refractivity contribution in [3.8, 4) is 0 Å². The van der Waals surface area contributed by atoms with Crippen LogP contribution in [0.5, 0.6) is 0 Å². The highest BCUT2D eigenvalue weighted by Crippen LogP contribution is 2.50. The van der Waals surface area contributed by atoms with Crippen LogP contribution in [0.15, 0.2) is 0 Å². The van der Waals surface area contributed by atoms with Crippen molar-refractivity contribution in [3.63, 3.8) is 0 Å². The number of hydrogen-bond acceptors (Lipinski definition) is 0. The fourth-order valence-electron chi connectivity index (χ4n) is 0.574. The Balaban J connectivity index is 4.96. The highest BCUT2D eigenvalue weighted by Gasteiger charge is 2.69. The average molecular weight is 277 g/mol. The van der Waals surface area contributed by atoms with E-state index in [4.69, 9.17) is 0 Å². The van der Waals surface area contributed by atoms with E-state index < -0.39 is 29.8 Å². The molecule has 0 rings (SSSR count). The van der Waals surface area contributed by atoms with Gasteiger partial charge < -0.3 is 0 Å². The summed E-state index contributed by atoms with van der Waals surface area (Å²) in [6.45, 7) is -1.82. The lowest BCUT2D eigenvalue weighted by molar-refractivity contribution is -0.278. The van der Waals surface area contributed by atoms with Gasteiger partial charge in [0.15, 0.2) is 0 Å². The van der Waals surface area contributed by atoms with Crippen molar-refractivity contribution in [2.75, 3.05) is 6.67 Å². The fourth-order valence-corrected chi connectivity index (χ4v) is 0.997. The molecule has 0 aliphatic heterocycles. The molecular formula is C5H4BrF7. The smallest absolute Gasteiger partial charge is 0.251 e. The van der Waals surface area contributed by atoms with Crippen molar-refractivity contribution in [1.29, 1.82) is 0 Å². The summed E-state index contributed by atoms with van der Waals surface area (Å²) in [6, 6.07) is 0. The van der Waals surface area contributed by atoms with E-state index in [2.05, 4.69) is 0 Å². The first-order valence-corrected chi connectivity index (χ1v) is 3.74. The van der Waals surface area contributed by atoms with E-state index >= 15 is 0 Å². The Morgan fingerprint density at radius 3 is 1.38 bits per heavy atom. The Bertz CT molecular complexity index is 155. The van der Waals surface area contributed by atoms with E-state index in [1.165, 1.54) is 15.9 Å². The summed E-state index contributed by atoms with van der Waals surface area (Å²) in [6.07, 6.45) is -7.75.